The Bertz CT molecular complexity index is 771. The summed E-state index contributed by atoms with van der Waals surface area (Å²) in [5.74, 6) is -0.323. The molecule has 1 aromatic carbocycles. The first kappa shape index (κ1) is 15.6. The first-order valence-corrected chi connectivity index (χ1v) is 8.92. The van der Waals surface area contributed by atoms with Crippen LogP contribution in [0.4, 0.5) is 4.39 Å². The highest BCUT2D eigenvalue weighted by molar-refractivity contribution is 5.98. The molecular weight excluding hydrogens is 305 g/mol. The van der Waals surface area contributed by atoms with Gasteiger partial charge < -0.3 is 15.2 Å². The summed E-state index contributed by atoms with van der Waals surface area (Å²) in [6.07, 6.45) is 5.43. The maximum atomic E-state index is 13.9. The van der Waals surface area contributed by atoms with Crippen LogP contribution in [-0.2, 0) is 0 Å². The molecule has 24 heavy (non-hydrogen) atoms. The quantitative estimate of drug-likeness (QED) is 0.842. The summed E-state index contributed by atoms with van der Waals surface area (Å²) in [5.41, 5.74) is 0.894. The molecule has 5 heteroatoms. The van der Waals surface area contributed by atoms with E-state index in [-0.39, 0.29) is 23.3 Å². The first-order chi connectivity index (χ1) is 11.6. The van der Waals surface area contributed by atoms with E-state index in [1.807, 2.05) is 11.0 Å². The Morgan fingerprint density at radius 3 is 3.04 bits per heavy atom. The van der Waals surface area contributed by atoms with Crippen molar-refractivity contribution in [2.75, 3.05) is 13.1 Å². The lowest BCUT2D eigenvalue weighted by atomic mass is 9.81. The second-order valence-corrected chi connectivity index (χ2v) is 7.34. The van der Waals surface area contributed by atoms with Crippen LogP contribution in [0.1, 0.15) is 49.5 Å². The molecule has 2 atom stereocenters. The molecule has 0 saturated carbocycles. The summed E-state index contributed by atoms with van der Waals surface area (Å²) in [4.78, 5) is 18.1. The lowest BCUT2D eigenvalue weighted by Gasteiger charge is -2.48. The van der Waals surface area contributed by atoms with Gasteiger partial charge in [-0.1, -0.05) is 18.6 Å². The molecule has 2 fully saturated rings. The Kier molecular flexibility index (Phi) is 3.83. The smallest absolute Gasteiger partial charge is 0.270 e. The Morgan fingerprint density at radius 1 is 1.33 bits per heavy atom. The van der Waals surface area contributed by atoms with Gasteiger partial charge in [-0.25, -0.2) is 4.39 Å². The van der Waals surface area contributed by atoms with Crippen LogP contribution in [0.2, 0.25) is 0 Å². The second-order valence-electron chi connectivity index (χ2n) is 7.34. The summed E-state index contributed by atoms with van der Waals surface area (Å²) in [6.45, 7) is 4.04. The van der Waals surface area contributed by atoms with Crippen LogP contribution in [0.15, 0.2) is 24.3 Å². The van der Waals surface area contributed by atoms with E-state index in [0.29, 0.717) is 11.2 Å². The fourth-order valence-electron chi connectivity index (χ4n) is 4.43. The van der Waals surface area contributed by atoms with Crippen LogP contribution in [0.25, 0.3) is 10.9 Å². The predicted molar refractivity (Wildman–Crippen MR) is 92.6 cm³/mol. The molecule has 2 aromatic rings. The van der Waals surface area contributed by atoms with Crippen LogP contribution in [0.5, 0.6) is 0 Å². The summed E-state index contributed by atoms with van der Waals surface area (Å²) in [5, 5.41) is 4.42. The maximum Gasteiger partial charge on any atom is 0.270 e. The molecule has 2 aliphatic heterocycles. The Balaban J connectivity index is 1.68. The average molecular weight is 329 g/mol. The molecular formula is C19H24FN3O. The minimum atomic E-state index is -0.314. The van der Waals surface area contributed by atoms with Gasteiger partial charge in [0.25, 0.3) is 5.91 Å². The summed E-state index contributed by atoms with van der Waals surface area (Å²) < 4.78 is 13.9. The zero-order valence-electron chi connectivity index (χ0n) is 14.1. The van der Waals surface area contributed by atoms with Gasteiger partial charge in [-0.3, -0.25) is 4.79 Å². The van der Waals surface area contributed by atoms with Gasteiger partial charge in [-0.2, -0.15) is 0 Å². The van der Waals surface area contributed by atoms with Gasteiger partial charge in [0, 0.05) is 23.5 Å². The lowest BCUT2D eigenvalue weighted by Crippen LogP contribution is -2.62. The minimum Gasteiger partial charge on any atom is -0.348 e. The number of benzene rings is 1. The van der Waals surface area contributed by atoms with Gasteiger partial charge in [-0.05, 0) is 51.3 Å². The van der Waals surface area contributed by atoms with Crippen LogP contribution >= 0.6 is 0 Å². The molecule has 4 nitrogen and oxygen atoms in total. The zero-order valence-corrected chi connectivity index (χ0v) is 14.1. The molecule has 3 heterocycles. The number of likely N-dealkylation sites (tertiary alicyclic amines) is 1. The number of rotatable bonds is 1. The molecule has 0 spiro atoms. The highest BCUT2D eigenvalue weighted by atomic mass is 19.1. The average Bonchev–Trinajstić information content (AvgIpc) is 2.91. The van der Waals surface area contributed by atoms with Gasteiger partial charge in [0.05, 0.1) is 5.52 Å². The maximum absolute atomic E-state index is 13.9. The van der Waals surface area contributed by atoms with E-state index in [9.17, 15) is 9.18 Å². The third kappa shape index (κ3) is 2.51. The Labute approximate surface area is 141 Å². The number of para-hydroxylation sites is 1. The number of aromatic amines is 1. The van der Waals surface area contributed by atoms with Crippen molar-refractivity contribution < 1.29 is 9.18 Å². The number of nitrogens with zero attached hydrogens (tertiary/aromatic N) is 1. The predicted octanol–water partition coefficient (Wildman–Crippen LogP) is 3.44. The fraction of sp³-hybridized carbons (Fsp3) is 0.526. The number of aromatic nitrogens is 1. The van der Waals surface area contributed by atoms with Crippen molar-refractivity contribution in [2.45, 2.75) is 50.6 Å². The minimum absolute atomic E-state index is 0.00905. The van der Waals surface area contributed by atoms with E-state index in [4.69, 9.17) is 0 Å². The molecule has 2 N–H and O–H groups in total. The molecule has 0 unspecified atom stereocenters. The first-order valence-electron chi connectivity index (χ1n) is 8.92. The van der Waals surface area contributed by atoms with Crippen molar-refractivity contribution in [3.63, 3.8) is 0 Å². The van der Waals surface area contributed by atoms with Crippen molar-refractivity contribution >= 4 is 16.8 Å². The van der Waals surface area contributed by atoms with E-state index in [1.54, 1.807) is 12.1 Å². The molecule has 128 valence electrons. The fourth-order valence-corrected chi connectivity index (χ4v) is 4.43. The zero-order chi connectivity index (χ0) is 16.7. The number of halogens is 1. The number of fused-ring (bicyclic) bond motifs is 2. The van der Waals surface area contributed by atoms with Crippen molar-refractivity contribution in [3.05, 3.63) is 35.8 Å². The van der Waals surface area contributed by atoms with Gasteiger partial charge in [0.1, 0.15) is 11.5 Å². The molecule has 1 aromatic heterocycles. The molecule has 0 radical (unpaired) electrons. The second kappa shape index (κ2) is 5.88. The molecule has 0 bridgehead atoms. The monoisotopic (exact) mass is 329 g/mol. The molecule has 0 aliphatic carbocycles. The van der Waals surface area contributed by atoms with E-state index < -0.39 is 0 Å². The van der Waals surface area contributed by atoms with Gasteiger partial charge in [-0.15, -0.1) is 0 Å². The van der Waals surface area contributed by atoms with E-state index in [2.05, 4.69) is 17.2 Å². The number of carbonyl (C=O) groups excluding carboxylic acids is 1. The Hall–Kier alpha value is -1.88. The van der Waals surface area contributed by atoms with Crippen LogP contribution in [0.3, 0.4) is 0 Å². The topological polar surface area (TPSA) is 48.1 Å². The van der Waals surface area contributed by atoms with E-state index in [1.165, 1.54) is 6.07 Å². The summed E-state index contributed by atoms with van der Waals surface area (Å²) >= 11 is 0. The number of piperidine rings is 1. The lowest BCUT2D eigenvalue weighted by molar-refractivity contribution is 0.0375. The van der Waals surface area contributed by atoms with Crippen molar-refractivity contribution in [3.8, 4) is 0 Å². The number of carbonyl (C=O) groups is 1. The number of hydrogen-bond acceptors (Lipinski definition) is 2. The highest BCUT2D eigenvalue weighted by Crippen LogP contribution is 2.34. The molecule has 4 rings (SSSR count). The van der Waals surface area contributed by atoms with E-state index in [0.717, 1.165) is 50.6 Å². The molecule has 2 aliphatic rings. The van der Waals surface area contributed by atoms with Crippen LogP contribution in [-0.4, -0.2) is 40.5 Å². The summed E-state index contributed by atoms with van der Waals surface area (Å²) in [6, 6.07) is 6.90. The van der Waals surface area contributed by atoms with Crippen molar-refractivity contribution in [1.29, 1.82) is 0 Å². The summed E-state index contributed by atoms with van der Waals surface area (Å²) in [7, 11) is 0. The van der Waals surface area contributed by atoms with Gasteiger partial charge in [0.15, 0.2) is 0 Å². The van der Waals surface area contributed by atoms with Crippen molar-refractivity contribution in [1.82, 2.24) is 15.2 Å². The Morgan fingerprint density at radius 2 is 2.21 bits per heavy atom. The number of H-pyrrole nitrogens is 1. The van der Waals surface area contributed by atoms with Crippen LogP contribution < -0.4 is 5.32 Å². The standard InChI is InChI=1S/C19H24FN3O/c1-19-9-5-11-23(16(19)8-2-3-10-21-19)18(24)15-12-13-6-4-7-14(20)17(13)22-15/h4,6-7,12,16,21-22H,2-3,5,8-11H2,1H3/t16-,19-/m0/s1. The largest absolute Gasteiger partial charge is 0.348 e. The number of hydrogen-bond donors (Lipinski definition) is 2. The van der Waals surface area contributed by atoms with Crippen LogP contribution in [0, 0.1) is 5.82 Å². The van der Waals surface area contributed by atoms with Gasteiger partial charge >= 0.3 is 0 Å². The number of amides is 1. The molecule has 1 amide bonds. The SMILES string of the molecule is C[C@]12CCCN(C(=O)c3cc4cccc(F)c4[nH]3)[C@H]1CCCCN2. The normalized spacial score (nSPS) is 27.8. The van der Waals surface area contributed by atoms with Crippen molar-refractivity contribution in [2.24, 2.45) is 0 Å². The number of nitrogens with one attached hydrogen (secondary N) is 2. The molecule has 2 saturated heterocycles. The highest BCUT2D eigenvalue weighted by Gasteiger charge is 2.43. The van der Waals surface area contributed by atoms with E-state index >= 15 is 0 Å². The third-order valence-corrected chi connectivity index (χ3v) is 5.74. The third-order valence-electron chi connectivity index (χ3n) is 5.74. The van der Waals surface area contributed by atoms with Gasteiger partial charge in [0.2, 0.25) is 0 Å².